The predicted octanol–water partition coefficient (Wildman–Crippen LogP) is 6.76. The molecule has 1 heterocycles. The van der Waals surface area contributed by atoms with Crippen molar-refractivity contribution in [1.82, 2.24) is 0 Å². The van der Waals surface area contributed by atoms with Crippen LogP contribution >= 0.6 is 11.8 Å². The maximum Gasteiger partial charge on any atom is 0.336 e. The molecule has 3 rings (SSSR count). The van der Waals surface area contributed by atoms with Crippen molar-refractivity contribution < 1.29 is 4.42 Å². The third kappa shape index (κ3) is 4.20. The van der Waals surface area contributed by atoms with Gasteiger partial charge in [0.25, 0.3) is 0 Å². The van der Waals surface area contributed by atoms with Crippen LogP contribution in [0.3, 0.4) is 0 Å². The van der Waals surface area contributed by atoms with Crippen molar-refractivity contribution in [1.29, 1.82) is 0 Å². The summed E-state index contributed by atoms with van der Waals surface area (Å²) in [4.78, 5) is 12.1. The first kappa shape index (κ1) is 20.7. The van der Waals surface area contributed by atoms with Crippen molar-refractivity contribution in [2.24, 2.45) is 0 Å². The molecule has 0 unspecified atom stereocenters. The average molecular weight is 395 g/mol. The molecule has 148 valence electrons. The third-order valence-electron chi connectivity index (χ3n) is 5.58. The number of benzene rings is 2. The number of thioether (sulfide) groups is 1. The lowest BCUT2D eigenvalue weighted by Crippen LogP contribution is -2.12. The van der Waals surface area contributed by atoms with Gasteiger partial charge < -0.3 is 4.42 Å². The van der Waals surface area contributed by atoms with Crippen molar-refractivity contribution in [2.75, 3.05) is 0 Å². The Morgan fingerprint density at radius 3 is 2.14 bits per heavy atom. The van der Waals surface area contributed by atoms with Gasteiger partial charge >= 0.3 is 5.63 Å². The van der Waals surface area contributed by atoms with Crippen LogP contribution in [0, 0.1) is 27.7 Å². The topological polar surface area (TPSA) is 30.2 Å². The minimum atomic E-state index is -0.265. The third-order valence-corrected chi connectivity index (χ3v) is 6.59. The molecule has 0 N–H and O–H groups in total. The highest BCUT2D eigenvalue weighted by Gasteiger charge is 2.16. The highest BCUT2D eigenvalue weighted by atomic mass is 32.2. The molecule has 2 aromatic carbocycles. The molecule has 0 aliphatic rings. The van der Waals surface area contributed by atoms with E-state index in [0.717, 1.165) is 39.2 Å². The van der Waals surface area contributed by atoms with Crippen molar-refractivity contribution in [3.63, 3.8) is 0 Å². The summed E-state index contributed by atoms with van der Waals surface area (Å²) in [6.07, 6.45) is 0. The zero-order valence-electron chi connectivity index (χ0n) is 18.0. The second-order valence-electron chi connectivity index (χ2n) is 8.81. The molecule has 2 nitrogen and oxygen atoms in total. The van der Waals surface area contributed by atoms with Gasteiger partial charge in [0.05, 0.1) is 0 Å². The Labute approximate surface area is 172 Å². The smallest absolute Gasteiger partial charge is 0.336 e. The number of rotatable bonds is 4. The van der Waals surface area contributed by atoms with E-state index in [9.17, 15) is 4.79 Å². The van der Waals surface area contributed by atoms with Gasteiger partial charge in [-0.15, -0.1) is 0 Å². The summed E-state index contributed by atoms with van der Waals surface area (Å²) in [6, 6.07) is 10.5. The second-order valence-corrected chi connectivity index (χ2v) is 9.79. The highest BCUT2D eigenvalue weighted by molar-refractivity contribution is 7.97. The van der Waals surface area contributed by atoms with Gasteiger partial charge in [0, 0.05) is 23.0 Å². The van der Waals surface area contributed by atoms with Crippen molar-refractivity contribution >= 4 is 22.7 Å². The summed E-state index contributed by atoms with van der Waals surface area (Å²) in [5, 5.41) is 1.05. The molecule has 0 atom stereocenters. The molecule has 0 saturated heterocycles. The lowest BCUT2D eigenvalue weighted by molar-refractivity contribution is 0.557. The molecule has 0 bridgehead atoms. The van der Waals surface area contributed by atoms with E-state index < -0.39 is 0 Å². The number of hydrogen-bond acceptors (Lipinski definition) is 3. The van der Waals surface area contributed by atoms with Crippen molar-refractivity contribution in [3.05, 3.63) is 79.7 Å². The molecular formula is C25H30O2S. The molecule has 0 amide bonds. The van der Waals surface area contributed by atoms with Gasteiger partial charge in [0.15, 0.2) is 0 Å². The highest BCUT2D eigenvalue weighted by Crippen LogP contribution is 2.31. The average Bonchev–Trinajstić information content (AvgIpc) is 2.59. The number of fused-ring (bicyclic) bond motifs is 1. The Morgan fingerprint density at radius 1 is 0.893 bits per heavy atom. The standard InChI is InChI=1S/C25H30O2S/c1-15-8-9-21-19(12-23(26)27-24(21)18(15)4)13-28-14-22-16(2)10-20(11-17(22)3)25(5,6)7/h8-12H,13-14H2,1-7H3. The molecule has 0 spiro atoms. The Balaban J connectivity index is 1.85. The van der Waals surface area contributed by atoms with E-state index >= 15 is 0 Å². The Morgan fingerprint density at radius 2 is 1.54 bits per heavy atom. The van der Waals surface area contributed by atoms with Crippen LogP contribution < -0.4 is 5.63 Å². The van der Waals surface area contributed by atoms with Crippen LogP contribution in [0.1, 0.15) is 59.7 Å². The monoisotopic (exact) mass is 394 g/mol. The normalized spacial score (nSPS) is 12.0. The molecule has 3 aromatic rings. The summed E-state index contributed by atoms with van der Waals surface area (Å²) in [7, 11) is 0. The van der Waals surface area contributed by atoms with Gasteiger partial charge in [0.2, 0.25) is 0 Å². The minimum Gasteiger partial charge on any atom is -0.422 e. The lowest BCUT2D eigenvalue weighted by Gasteiger charge is -2.22. The van der Waals surface area contributed by atoms with Crippen LogP contribution in [-0.4, -0.2) is 0 Å². The molecule has 3 heteroatoms. The minimum absolute atomic E-state index is 0.161. The SMILES string of the molecule is Cc1cc(C(C)(C)C)cc(C)c1CSCc1cc(=O)oc2c(C)c(C)ccc12. The van der Waals surface area contributed by atoms with Gasteiger partial charge in [-0.05, 0) is 72.1 Å². The fourth-order valence-corrected chi connectivity index (χ4v) is 4.78. The largest absolute Gasteiger partial charge is 0.422 e. The van der Waals surface area contributed by atoms with E-state index in [-0.39, 0.29) is 11.0 Å². The second kappa shape index (κ2) is 7.79. The van der Waals surface area contributed by atoms with Gasteiger partial charge in [-0.25, -0.2) is 4.79 Å². The summed E-state index contributed by atoms with van der Waals surface area (Å²) >= 11 is 1.85. The van der Waals surface area contributed by atoms with Crippen LogP contribution in [0.25, 0.3) is 11.0 Å². The van der Waals surface area contributed by atoms with E-state index in [1.54, 1.807) is 6.07 Å². The van der Waals surface area contributed by atoms with E-state index in [2.05, 4.69) is 58.9 Å². The van der Waals surface area contributed by atoms with E-state index in [0.29, 0.717) is 0 Å². The van der Waals surface area contributed by atoms with E-state index in [1.807, 2.05) is 25.6 Å². The van der Waals surface area contributed by atoms with Crippen LogP contribution in [0.4, 0.5) is 0 Å². The van der Waals surface area contributed by atoms with E-state index in [4.69, 9.17) is 4.42 Å². The van der Waals surface area contributed by atoms with Gasteiger partial charge in [-0.2, -0.15) is 11.8 Å². The molecular weight excluding hydrogens is 364 g/mol. The molecule has 1 aromatic heterocycles. The van der Waals surface area contributed by atoms with Crippen LogP contribution in [0.2, 0.25) is 0 Å². The van der Waals surface area contributed by atoms with Crippen LogP contribution in [0.5, 0.6) is 0 Å². The molecule has 28 heavy (non-hydrogen) atoms. The summed E-state index contributed by atoms with van der Waals surface area (Å²) in [5.41, 5.74) is 9.35. The summed E-state index contributed by atoms with van der Waals surface area (Å²) in [5.74, 6) is 1.74. The quantitative estimate of drug-likeness (QED) is 0.458. The van der Waals surface area contributed by atoms with Crippen LogP contribution in [0.15, 0.2) is 39.5 Å². The molecule has 0 fully saturated rings. The lowest BCUT2D eigenvalue weighted by atomic mass is 9.84. The summed E-state index contributed by atoms with van der Waals surface area (Å²) in [6.45, 7) is 15.2. The summed E-state index contributed by atoms with van der Waals surface area (Å²) < 4.78 is 5.50. The first-order chi connectivity index (χ1) is 13.1. The maximum atomic E-state index is 12.1. The van der Waals surface area contributed by atoms with Gasteiger partial charge in [-0.3, -0.25) is 0 Å². The van der Waals surface area contributed by atoms with Gasteiger partial charge in [0.1, 0.15) is 5.58 Å². The Hall–Kier alpha value is -2.00. The number of hydrogen-bond donors (Lipinski definition) is 0. The van der Waals surface area contributed by atoms with E-state index in [1.165, 1.54) is 22.3 Å². The molecule has 0 aliphatic carbocycles. The fourth-order valence-electron chi connectivity index (χ4n) is 3.56. The zero-order valence-corrected chi connectivity index (χ0v) is 18.8. The first-order valence-corrected chi connectivity index (χ1v) is 10.9. The Kier molecular flexibility index (Phi) is 5.77. The van der Waals surface area contributed by atoms with Crippen molar-refractivity contribution in [3.8, 4) is 0 Å². The fraction of sp³-hybridized carbons (Fsp3) is 0.400. The first-order valence-electron chi connectivity index (χ1n) is 9.79. The van der Waals surface area contributed by atoms with Gasteiger partial charge in [-0.1, -0.05) is 45.0 Å². The maximum absolute atomic E-state index is 12.1. The number of aryl methyl sites for hydroxylation is 4. The van der Waals surface area contributed by atoms with Crippen molar-refractivity contribution in [2.45, 2.75) is 65.4 Å². The Bertz CT molecular complexity index is 1060. The van der Waals surface area contributed by atoms with Crippen LogP contribution in [-0.2, 0) is 16.9 Å². The molecule has 0 saturated carbocycles. The molecule has 0 radical (unpaired) electrons. The zero-order chi connectivity index (χ0) is 20.6. The molecule has 0 aliphatic heterocycles. The predicted molar refractivity (Wildman–Crippen MR) is 122 cm³/mol.